The van der Waals surface area contributed by atoms with Gasteiger partial charge in [-0.05, 0) is 45.2 Å². The molecule has 2 rings (SSSR count). The summed E-state index contributed by atoms with van der Waals surface area (Å²) in [5.41, 5.74) is 1.57. The first-order chi connectivity index (χ1) is 8.56. The van der Waals surface area contributed by atoms with Gasteiger partial charge < -0.3 is 10.4 Å². The van der Waals surface area contributed by atoms with Crippen LogP contribution in [0.2, 0.25) is 0 Å². The number of hydrogen-bond acceptors (Lipinski definition) is 3. The largest absolute Gasteiger partial charge is 0.396 e. The zero-order valence-electron chi connectivity index (χ0n) is 11.8. The van der Waals surface area contributed by atoms with Crippen molar-refractivity contribution in [3.05, 3.63) is 21.4 Å². The third-order valence-electron chi connectivity index (χ3n) is 4.33. The minimum absolute atomic E-state index is 0.146. The lowest BCUT2D eigenvalue weighted by atomic mass is 9.87. The molecule has 0 aromatic carbocycles. The molecule has 18 heavy (non-hydrogen) atoms. The van der Waals surface area contributed by atoms with E-state index in [1.54, 1.807) is 0 Å². The van der Waals surface area contributed by atoms with Crippen molar-refractivity contribution in [3.8, 4) is 0 Å². The van der Waals surface area contributed by atoms with E-state index in [1.165, 1.54) is 41.0 Å². The first-order valence-corrected chi connectivity index (χ1v) is 7.79. The topological polar surface area (TPSA) is 32.3 Å². The fourth-order valence-electron chi connectivity index (χ4n) is 3.08. The van der Waals surface area contributed by atoms with Crippen LogP contribution >= 0.6 is 11.3 Å². The third-order valence-corrected chi connectivity index (χ3v) is 5.31. The van der Waals surface area contributed by atoms with Crippen molar-refractivity contribution >= 4 is 11.3 Å². The molecule has 1 atom stereocenters. The van der Waals surface area contributed by atoms with Crippen molar-refractivity contribution in [2.24, 2.45) is 5.41 Å². The molecule has 102 valence electrons. The number of hydrogen-bond donors (Lipinski definition) is 2. The summed E-state index contributed by atoms with van der Waals surface area (Å²) >= 11 is 1.87. The van der Waals surface area contributed by atoms with Gasteiger partial charge in [0.1, 0.15) is 0 Å². The van der Waals surface area contributed by atoms with Crippen LogP contribution in [0.5, 0.6) is 0 Å². The summed E-state index contributed by atoms with van der Waals surface area (Å²) in [4.78, 5) is 2.80. The Balaban J connectivity index is 1.95. The van der Waals surface area contributed by atoms with E-state index in [0.717, 1.165) is 6.54 Å². The average Bonchev–Trinajstić information content (AvgIpc) is 2.94. The normalized spacial score (nSPS) is 20.2. The molecular formula is C15H25NOS. The lowest BCUT2D eigenvalue weighted by Crippen LogP contribution is -2.36. The Labute approximate surface area is 114 Å². The minimum atomic E-state index is 0.146. The van der Waals surface area contributed by atoms with Crippen molar-refractivity contribution in [1.29, 1.82) is 0 Å². The molecule has 2 N–H and O–H groups in total. The van der Waals surface area contributed by atoms with Crippen molar-refractivity contribution in [2.45, 2.75) is 52.5 Å². The molecule has 1 saturated carbocycles. The fraction of sp³-hybridized carbons (Fsp3) is 0.733. The summed E-state index contributed by atoms with van der Waals surface area (Å²) in [6, 6.07) is 2.68. The summed E-state index contributed by atoms with van der Waals surface area (Å²) in [6.07, 6.45) is 4.89. The van der Waals surface area contributed by atoms with Gasteiger partial charge in [0.05, 0.1) is 0 Å². The second kappa shape index (κ2) is 5.72. The molecule has 1 aromatic rings. The van der Waals surface area contributed by atoms with Gasteiger partial charge in [-0.2, -0.15) is 0 Å². The van der Waals surface area contributed by atoms with Gasteiger partial charge in [0.15, 0.2) is 0 Å². The van der Waals surface area contributed by atoms with Crippen molar-refractivity contribution < 1.29 is 5.11 Å². The van der Waals surface area contributed by atoms with Crippen LogP contribution in [0.15, 0.2) is 6.07 Å². The van der Waals surface area contributed by atoms with E-state index in [2.05, 4.69) is 32.2 Å². The highest BCUT2D eigenvalue weighted by atomic mass is 32.1. The Morgan fingerprint density at radius 2 is 2.06 bits per heavy atom. The summed E-state index contributed by atoms with van der Waals surface area (Å²) in [6.45, 7) is 7.87. The maximum atomic E-state index is 9.62. The Morgan fingerprint density at radius 1 is 1.39 bits per heavy atom. The fourth-order valence-corrected chi connectivity index (χ4v) is 4.10. The monoisotopic (exact) mass is 267 g/mol. The van der Waals surface area contributed by atoms with E-state index in [4.69, 9.17) is 0 Å². The Morgan fingerprint density at radius 3 is 2.56 bits per heavy atom. The van der Waals surface area contributed by atoms with Gasteiger partial charge in [-0.15, -0.1) is 11.3 Å². The number of nitrogens with one attached hydrogen (secondary N) is 1. The highest BCUT2D eigenvalue weighted by molar-refractivity contribution is 7.12. The highest BCUT2D eigenvalue weighted by Gasteiger charge is 2.33. The van der Waals surface area contributed by atoms with Crippen LogP contribution in [0.4, 0.5) is 0 Å². The quantitative estimate of drug-likeness (QED) is 0.855. The van der Waals surface area contributed by atoms with E-state index in [1.807, 2.05) is 11.3 Å². The molecule has 0 bridgehead atoms. The van der Waals surface area contributed by atoms with Crippen LogP contribution in [0.25, 0.3) is 0 Å². The molecule has 3 heteroatoms. The van der Waals surface area contributed by atoms with Gasteiger partial charge in [0.25, 0.3) is 0 Å². The van der Waals surface area contributed by atoms with Crippen LogP contribution in [0.1, 0.15) is 54.0 Å². The number of aryl methyl sites for hydroxylation is 2. The maximum Gasteiger partial charge on any atom is 0.0499 e. The van der Waals surface area contributed by atoms with Crippen molar-refractivity contribution in [3.63, 3.8) is 0 Å². The molecule has 0 amide bonds. The molecule has 1 fully saturated rings. The van der Waals surface area contributed by atoms with E-state index in [-0.39, 0.29) is 5.41 Å². The first kappa shape index (κ1) is 14.0. The van der Waals surface area contributed by atoms with Gasteiger partial charge in [0.2, 0.25) is 0 Å². The lowest BCUT2D eigenvalue weighted by Gasteiger charge is -2.28. The zero-order chi connectivity index (χ0) is 13.2. The van der Waals surface area contributed by atoms with Gasteiger partial charge in [-0.3, -0.25) is 0 Å². The predicted octanol–water partition coefficient (Wildman–Crippen LogP) is 3.57. The summed E-state index contributed by atoms with van der Waals surface area (Å²) in [7, 11) is 0. The number of rotatable bonds is 5. The molecule has 1 aliphatic rings. The molecule has 1 aromatic heterocycles. The zero-order valence-corrected chi connectivity index (χ0v) is 12.6. The van der Waals surface area contributed by atoms with Crippen molar-refractivity contribution in [2.75, 3.05) is 13.2 Å². The van der Waals surface area contributed by atoms with Crippen LogP contribution in [-0.4, -0.2) is 18.3 Å². The standard InChI is InChI=1S/C15H25NOS/c1-11-8-14(13(3)18-11)12(2)16-9-15(10-17)6-4-5-7-15/h8,12,16-17H,4-7,9-10H2,1-3H3. The van der Waals surface area contributed by atoms with E-state index >= 15 is 0 Å². The van der Waals surface area contributed by atoms with E-state index < -0.39 is 0 Å². The van der Waals surface area contributed by atoms with Crippen LogP contribution < -0.4 is 5.32 Å². The Kier molecular flexibility index (Phi) is 4.46. The predicted molar refractivity (Wildman–Crippen MR) is 78.2 cm³/mol. The molecule has 1 heterocycles. The molecule has 0 aliphatic heterocycles. The minimum Gasteiger partial charge on any atom is -0.396 e. The molecular weight excluding hydrogens is 242 g/mol. The molecule has 0 saturated heterocycles. The molecule has 2 nitrogen and oxygen atoms in total. The van der Waals surface area contributed by atoms with E-state index in [0.29, 0.717) is 12.6 Å². The Hall–Kier alpha value is -0.380. The van der Waals surface area contributed by atoms with Crippen LogP contribution in [-0.2, 0) is 0 Å². The van der Waals surface area contributed by atoms with Gasteiger partial charge in [-0.25, -0.2) is 0 Å². The second-order valence-corrected chi connectivity index (χ2v) is 7.30. The summed E-state index contributed by atoms with van der Waals surface area (Å²) in [5, 5.41) is 13.3. The van der Waals surface area contributed by atoms with E-state index in [9.17, 15) is 5.11 Å². The van der Waals surface area contributed by atoms with Gasteiger partial charge >= 0.3 is 0 Å². The first-order valence-electron chi connectivity index (χ1n) is 6.97. The van der Waals surface area contributed by atoms with Gasteiger partial charge in [0, 0.05) is 34.4 Å². The van der Waals surface area contributed by atoms with Crippen molar-refractivity contribution in [1.82, 2.24) is 5.32 Å². The number of aliphatic hydroxyl groups is 1. The molecule has 0 spiro atoms. The van der Waals surface area contributed by atoms with Crippen LogP contribution in [0.3, 0.4) is 0 Å². The number of aliphatic hydroxyl groups excluding tert-OH is 1. The van der Waals surface area contributed by atoms with Gasteiger partial charge in [-0.1, -0.05) is 12.8 Å². The maximum absolute atomic E-state index is 9.62. The van der Waals surface area contributed by atoms with Crippen LogP contribution in [0, 0.1) is 19.3 Å². The second-order valence-electron chi connectivity index (χ2n) is 5.84. The smallest absolute Gasteiger partial charge is 0.0499 e. The highest BCUT2D eigenvalue weighted by Crippen LogP contribution is 2.37. The molecule has 1 aliphatic carbocycles. The summed E-state index contributed by atoms with van der Waals surface area (Å²) < 4.78 is 0. The summed E-state index contributed by atoms with van der Waals surface area (Å²) in [5.74, 6) is 0. The molecule has 1 unspecified atom stereocenters. The average molecular weight is 267 g/mol. The Bertz CT molecular complexity index is 393. The SMILES string of the molecule is Cc1cc(C(C)NCC2(CO)CCCC2)c(C)s1. The molecule has 0 radical (unpaired) electrons. The third kappa shape index (κ3) is 2.95. The lowest BCUT2D eigenvalue weighted by molar-refractivity contribution is 0.125. The number of thiophene rings is 1.